The van der Waals surface area contributed by atoms with E-state index in [-0.39, 0.29) is 17.8 Å². The molecule has 1 N–H and O–H groups in total. The number of nitrogens with one attached hydrogen (secondary N) is 1. The summed E-state index contributed by atoms with van der Waals surface area (Å²) < 4.78 is 13.0. The topological polar surface area (TPSA) is 32.3 Å². The Morgan fingerprint density at radius 3 is 2.94 bits per heavy atom. The minimum atomic E-state index is -0.270. The Morgan fingerprint density at radius 1 is 1.61 bits per heavy atom. The van der Waals surface area contributed by atoms with Crippen molar-refractivity contribution in [1.82, 2.24) is 10.2 Å². The first-order valence-corrected chi connectivity index (χ1v) is 5.88. The van der Waals surface area contributed by atoms with Crippen molar-refractivity contribution in [3.8, 4) is 0 Å². The molecule has 0 spiro atoms. The maximum Gasteiger partial charge on any atom is 0.237 e. The first-order valence-electron chi connectivity index (χ1n) is 5.88. The Hall–Kier alpha value is -1.68. The Morgan fingerprint density at radius 2 is 2.33 bits per heavy atom. The molecule has 98 valence electrons. The summed E-state index contributed by atoms with van der Waals surface area (Å²) in [7, 11) is 1.84. The van der Waals surface area contributed by atoms with Gasteiger partial charge in [0.05, 0.1) is 6.04 Å². The summed E-state index contributed by atoms with van der Waals surface area (Å²) in [6.07, 6.45) is 1.64. The lowest BCUT2D eigenvalue weighted by Gasteiger charge is -2.23. The molecule has 1 amide bonds. The molecular formula is C14H19FN2O. The van der Waals surface area contributed by atoms with Crippen molar-refractivity contribution in [2.24, 2.45) is 0 Å². The van der Waals surface area contributed by atoms with Crippen LogP contribution in [0.1, 0.15) is 12.5 Å². The lowest BCUT2D eigenvalue weighted by molar-refractivity contribution is -0.125. The highest BCUT2D eigenvalue weighted by Crippen LogP contribution is 2.08. The third-order valence-corrected chi connectivity index (χ3v) is 2.78. The van der Waals surface area contributed by atoms with Gasteiger partial charge in [-0.3, -0.25) is 9.69 Å². The number of rotatable bonds is 6. The van der Waals surface area contributed by atoms with E-state index in [9.17, 15) is 9.18 Å². The maximum absolute atomic E-state index is 13.0. The first-order chi connectivity index (χ1) is 8.54. The molecule has 1 aromatic carbocycles. The molecule has 0 aromatic heterocycles. The molecular weight excluding hydrogens is 231 g/mol. The predicted octanol–water partition coefficient (Wildman–Crippen LogP) is 1.95. The number of halogens is 1. The Kier molecular flexibility index (Phi) is 5.52. The number of nitrogens with zero attached hydrogens (tertiary/aromatic N) is 1. The second-order valence-electron chi connectivity index (χ2n) is 4.25. The number of amides is 1. The van der Waals surface area contributed by atoms with E-state index in [1.807, 2.05) is 24.9 Å². The smallest absolute Gasteiger partial charge is 0.237 e. The highest BCUT2D eigenvalue weighted by atomic mass is 19.1. The van der Waals surface area contributed by atoms with Crippen LogP contribution in [0.2, 0.25) is 0 Å². The minimum absolute atomic E-state index is 0.0613. The minimum Gasteiger partial charge on any atom is -0.351 e. The van der Waals surface area contributed by atoms with E-state index >= 15 is 0 Å². The van der Waals surface area contributed by atoms with Gasteiger partial charge in [0.2, 0.25) is 5.91 Å². The van der Waals surface area contributed by atoms with Crippen LogP contribution in [0.15, 0.2) is 36.9 Å². The van der Waals surface area contributed by atoms with Crippen molar-refractivity contribution < 1.29 is 9.18 Å². The lowest BCUT2D eigenvalue weighted by atomic mass is 10.2. The predicted molar refractivity (Wildman–Crippen MR) is 70.5 cm³/mol. The zero-order chi connectivity index (χ0) is 13.5. The fourth-order valence-corrected chi connectivity index (χ4v) is 1.58. The van der Waals surface area contributed by atoms with Gasteiger partial charge in [-0.25, -0.2) is 4.39 Å². The molecule has 1 unspecified atom stereocenters. The Balaban J connectivity index is 2.56. The fourth-order valence-electron chi connectivity index (χ4n) is 1.58. The number of carbonyl (C=O) groups is 1. The second kappa shape index (κ2) is 6.91. The van der Waals surface area contributed by atoms with Gasteiger partial charge in [0.1, 0.15) is 5.82 Å². The average Bonchev–Trinajstić information content (AvgIpc) is 2.35. The summed E-state index contributed by atoms with van der Waals surface area (Å²) >= 11 is 0. The van der Waals surface area contributed by atoms with E-state index < -0.39 is 0 Å². The monoisotopic (exact) mass is 250 g/mol. The van der Waals surface area contributed by atoms with Gasteiger partial charge in [0, 0.05) is 13.1 Å². The van der Waals surface area contributed by atoms with E-state index in [0.29, 0.717) is 13.1 Å². The number of carbonyl (C=O) groups excluding carboxylic acids is 1. The van der Waals surface area contributed by atoms with E-state index in [1.54, 1.807) is 12.1 Å². The van der Waals surface area contributed by atoms with Crippen LogP contribution in [0.25, 0.3) is 0 Å². The van der Waals surface area contributed by atoms with Gasteiger partial charge in [-0.15, -0.1) is 6.58 Å². The van der Waals surface area contributed by atoms with Crippen LogP contribution in [-0.4, -0.2) is 30.4 Å². The number of hydrogen-bond acceptors (Lipinski definition) is 2. The molecule has 1 rings (SSSR count). The van der Waals surface area contributed by atoms with E-state index in [0.717, 1.165) is 5.56 Å². The van der Waals surface area contributed by atoms with E-state index in [2.05, 4.69) is 11.9 Å². The van der Waals surface area contributed by atoms with Crippen molar-refractivity contribution in [2.45, 2.75) is 19.5 Å². The van der Waals surface area contributed by atoms with Crippen LogP contribution in [-0.2, 0) is 11.3 Å². The Bertz CT molecular complexity index is 420. The van der Waals surface area contributed by atoms with Gasteiger partial charge < -0.3 is 5.32 Å². The van der Waals surface area contributed by atoms with Gasteiger partial charge >= 0.3 is 0 Å². The van der Waals surface area contributed by atoms with Crippen molar-refractivity contribution in [3.63, 3.8) is 0 Å². The third-order valence-electron chi connectivity index (χ3n) is 2.78. The highest BCUT2D eigenvalue weighted by molar-refractivity contribution is 5.81. The molecule has 0 saturated carbocycles. The van der Waals surface area contributed by atoms with Crippen molar-refractivity contribution >= 4 is 5.91 Å². The van der Waals surface area contributed by atoms with Crippen molar-refractivity contribution in [2.75, 3.05) is 13.6 Å². The maximum atomic E-state index is 13.0. The van der Waals surface area contributed by atoms with Crippen LogP contribution in [0, 0.1) is 5.82 Å². The molecule has 0 fully saturated rings. The summed E-state index contributed by atoms with van der Waals surface area (Å²) in [4.78, 5) is 13.6. The molecule has 0 aliphatic carbocycles. The number of hydrogen-bond donors (Lipinski definition) is 1. The Labute approximate surface area is 107 Å². The molecule has 18 heavy (non-hydrogen) atoms. The molecule has 3 nitrogen and oxygen atoms in total. The summed E-state index contributed by atoms with van der Waals surface area (Å²) in [5.74, 6) is -0.321. The fraction of sp³-hybridized carbons (Fsp3) is 0.357. The molecule has 1 aromatic rings. The molecule has 0 bridgehead atoms. The van der Waals surface area contributed by atoms with Gasteiger partial charge in [-0.1, -0.05) is 18.2 Å². The largest absolute Gasteiger partial charge is 0.351 e. The number of likely N-dealkylation sites (N-methyl/N-ethyl adjacent to an activating group) is 1. The van der Waals surface area contributed by atoms with Crippen LogP contribution < -0.4 is 5.32 Å². The van der Waals surface area contributed by atoms with Crippen LogP contribution >= 0.6 is 0 Å². The van der Waals surface area contributed by atoms with Gasteiger partial charge in [-0.2, -0.15) is 0 Å². The van der Waals surface area contributed by atoms with Gasteiger partial charge in [0.25, 0.3) is 0 Å². The zero-order valence-electron chi connectivity index (χ0n) is 10.8. The third kappa shape index (κ3) is 4.30. The molecule has 4 heteroatoms. The summed E-state index contributed by atoms with van der Waals surface area (Å²) in [5.41, 5.74) is 0.848. The lowest BCUT2D eigenvalue weighted by Crippen LogP contribution is -2.42. The van der Waals surface area contributed by atoms with Crippen LogP contribution in [0.5, 0.6) is 0 Å². The van der Waals surface area contributed by atoms with E-state index in [1.165, 1.54) is 12.1 Å². The van der Waals surface area contributed by atoms with Crippen LogP contribution in [0.4, 0.5) is 4.39 Å². The summed E-state index contributed by atoms with van der Waals surface area (Å²) in [5, 5.41) is 2.74. The normalized spacial score (nSPS) is 12.2. The van der Waals surface area contributed by atoms with Crippen molar-refractivity contribution in [3.05, 3.63) is 48.3 Å². The second-order valence-corrected chi connectivity index (χ2v) is 4.25. The standard InChI is InChI=1S/C14H19FN2O/c1-4-8-16-14(18)11(2)17(3)10-12-6-5-7-13(15)9-12/h4-7,9,11H,1,8,10H2,2-3H3,(H,16,18). The average molecular weight is 250 g/mol. The highest BCUT2D eigenvalue weighted by Gasteiger charge is 2.17. The number of benzene rings is 1. The quantitative estimate of drug-likeness (QED) is 0.783. The first kappa shape index (κ1) is 14.4. The van der Waals surface area contributed by atoms with Crippen molar-refractivity contribution in [1.29, 1.82) is 0 Å². The molecule has 0 radical (unpaired) electrons. The molecule has 0 aliphatic heterocycles. The molecule has 0 heterocycles. The van der Waals surface area contributed by atoms with Crippen LogP contribution in [0.3, 0.4) is 0 Å². The molecule has 1 atom stereocenters. The SMILES string of the molecule is C=CCNC(=O)C(C)N(C)Cc1cccc(F)c1. The van der Waals surface area contributed by atoms with Gasteiger partial charge in [-0.05, 0) is 31.7 Å². The summed E-state index contributed by atoms with van der Waals surface area (Å²) in [6.45, 7) is 6.35. The molecule has 0 saturated heterocycles. The van der Waals surface area contributed by atoms with Gasteiger partial charge in [0.15, 0.2) is 0 Å². The zero-order valence-corrected chi connectivity index (χ0v) is 10.8. The summed E-state index contributed by atoms with van der Waals surface area (Å²) in [6, 6.07) is 6.12. The van der Waals surface area contributed by atoms with E-state index in [4.69, 9.17) is 0 Å². The molecule has 0 aliphatic rings.